The topological polar surface area (TPSA) is 95.7 Å². The van der Waals surface area contributed by atoms with Gasteiger partial charge in [0.05, 0.1) is 12.6 Å². The number of piperidine rings is 2. The summed E-state index contributed by atoms with van der Waals surface area (Å²) in [6.45, 7) is 0.403. The minimum Gasteiger partial charge on any atom is -0.325 e. The highest BCUT2D eigenvalue weighted by molar-refractivity contribution is 6.05. The summed E-state index contributed by atoms with van der Waals surface area (Å²) in [6.07, 6.45) is 2.45. The molecule has 0 aliphatic carbocycles. The molecular formula is C21H26F2N4O3. The van der Waals surface area contributed by atoms with Crippen molar-refractivity contribution in [3.63, 3.8) is 0 Å². The van der Waals surface area contributed by atoms with Crippen LogP contribution in [0.2, 0.25) is 0 Å². The summed E-state index contributed by atoms with van der Waals surface area (Å²) in [6, 6.07) is 3.69. The van der Waals surface area contributed by atoms with Crippen LogP contribution in [0, 0.1) is 0 Å². The number of halogens is 2. The normalized spacial score (nSPS) is 25.4. The molecule has 162 valence electrons. The third kappa shape index (κ3) is 3.72. The number of hydrogen-bond donors (Lipinski definition) is 2. The zero-order chi connectivity index (χ0) is 21.5. The molecule has 3 aliphatic heterocycles. The van der Waals surface area contributed by atoms with Crippen molar-refractivity contribution in [2.45, 2.75) is 63.2 Å². The van der Waals surface area contributed by atoms with Crippen LogP contribution in [0.15, 0.2) is 18.2 Å². The molecule has 0 aromatic heterocycles. The average Bonchev–Trinajstić information content (AvgIpc) is 3.06. The number of nitrogens with two attached hydrogens (primary N) is 1. The Morgan fingerprint density at radius 2 is 1.97 bits per heavy atom. The second-order valence-electron chi connectivity index (χ2n) is 8.29. The number of hydrogen-bond acceptors (Lipinski definition) is 5. The lowest BCUT2D eigenvalue weighted by Gasteiger charge is -2.40. The van der Waals surface area contributed by atoms with Gasteiger partial charge in [-0.2, -0.15) is 0 Å². The number of amides is 3. The van der Waals surface area contributed by atoms with E-state index in [9.17, 15) is 23.2 Å². The van der Waals surface area contributed by atoms with E-state index in [2.05, 4.69) is 5.32 Å². The Morgan fingerprint density at radius 1 is 1.17 bits per heavy atom. The van der Waals surface area contributed by atoms with Crippen LogP contribution in [0.5, 0.6) is 0 Å². The summed E-state index contributed by atoms with van der Waals surface area (Å²) >= 11 is 0. The van der Waals surface area contributed by atoms with E-state index < -0.39 is 30.5 Å². The van der Waals surface area contributed by atoms with Crippen molar-refractivity contribution < 1.29 is 23.2 Å². The molecule has 3 N–H and O–H groups in total. The number of benzene rings is 1. The van der Waals surface area contributed by atoms with Gasteiger partial charge in [0.2, 0.25) is 11.8 Å². The first-order valence-electron chi connectivity index (χ1n) is 10.4. The zero-order valence-corrected chi connectivity index (χ0v) is 16.7. The van der Waals surface area contributed by atoms with Crippen LogP contribution in [0.4, 0.5) is 8.78 Å². The highest BCUT2D eigenvalue weighted by Crippen LogP contribution is 2.34. The summed E-state index contributed by atoms with van der Waals surface area (Å²) in [5, 5.41) is 2.29. The number of imide groups is 1. The van der Waals surface area contributed by atoms with Crippen molar-refractivity contribution in [2.75, 3.05) is 13.1 Å². The van der Waals surface area contributed by atoms with E-state index in [4.69, 9.17) is 5.73 Å². The molecule has 0 bridgehead atoms. The number of likely N-dealkylation sites (tertiary alicyclic amines) is 1. The van der Waals surface area contributed by atoms with E-state index in [0.717, 1.165) is 24.0 Å². The Balaban J connectivity index is 1.57. The summed E-state index contributed by atoms with van der Waals surface area (Å²) in [5.41, 5.74) is 7.42. The highest BCUT2D eigenvalue weighted by Gasteiger charge is 2.44. The van der Waals surface area contributed by atoms with Crippen molar-refractivity contribution >= 4 is 17.7 Å². The van der Waals surface area contributed by atoms with Gasteiger partial charge in [0.15, 0.2) is 0 Å². The van der Waals surface area contributed by atoms with E-state index in [0.29, 0.717) is 25.1 Å². The van der Waals surface area contributed by atoms with Crippen molar-refractivity contribution in [2.24, 2.45) is 5.73 Å². The Hall–Kier alpha value is -2.39. The fraction of sp³-hybridized carbons (Fsp3) is 0.571. The third-order valence-electron chi connectivity index (χ3n) is 6.43. The van der Waals surface area contributed by atoms with Gasteiger partial charge >= 0.3 is 0 Å². The molecule has 0 spiro atoms. The maximum Gasteiger partial charge on any atom is 0.275 e. The maximum absolute atomic E-state index is 14.4. The van der Waals surface area contributed by atoms with Crippen molar-refractivity contribution in [1.82, 2.24) is 15.1 Å². The van der Waals surface area contributed by atoms with Gasteiger partial charge in [0.25, 0.3) is 11.8 Å². The van der Waals surface area contributed by atoms with Gasteiger partial charge in [-0.15, -0.1) is 0 Å². The molecule has 0 radical (unpaired) electrons. The standard InChI is InChI=1S/C21H26F2N4O3/c22-21(23,12-24)17-6-1-2-9-26(17)10-13-4-3-5-14-15(13)11-27(20(14)30)16-7-8-18(28)25-19(16)29/h3-5,16-17H,1-2,6-12,24H2,(H,25,28,29). The lowest BCUT2D eigenvalue weighted by Crippen LogP contribution is -2.53. The molecule has 3 aliphatic rings. The maximum atomic E-state index is 14.4. The van der Waals surface area contributed by atoms with Gasteiger partial charge in [-0.25, -0.2) is 8.78 Å². The fourth-order valence-corrected chi connectivity index (χ4v) is 4.81. The predicted octanol–water partition coefficient (Wildman–Crippen LogP) is 1.40. The van der Waals surface area contributed by atoms with E-state index in [1.807, 2.05) is 6.07 Å². The molecule has 1 aromatic carbocycles. The van der Waals surface area contributed by atoms with Gasteiger partial charge in [-0.3, -0.25) is 24.6 Å². The number of nitrogens with zero attached hydrogens (tertiary/aromatic N) is 2. The molecule has 4 rings (SSSR count). The summed E-state index contributed by atoms with van der Waals surface area (Å²) in [4.78, 5) is 39.9. The third-order valence-corrected chi connectivity index (χ3v) is 6.43. The van der Waals surface area contributed by atoms with Gasteiger partial charge in [-0.05, 0) is 43.0 Å². The molecule has 9 heteroatoms. The summed E-state index contributed by atoms with van der Waals surface area (Å²) in [5.74, 6) is -4.03. The second kappa shape index (κ2) is 8.03. The van der Waals surface area contributed by atoms with Gasteiger partial charge in [0, 0.05) is 25.1 Å². The molecule has 2 saturated heterocycles. The van der Waals surface area contributed by atoms with E-state index in [1.165, 1.54) is 4.90 Å². The smallest absolute Gasteiger partial charge is 0.275 e. The highest BCUT2D eigenvalue weighted by atomic mass is 19.3. The molecule has 2 unspecified atom stereocenters. The van der Waals surface area contributed by atoms with E-state index in [1.54, 1.807) is 17.0 Å². The Bertz CT molecular complexity index is 876. The van der Waals surface area contributed by atoms with Gasteiger partial charge in [-0.1, -0.05) is 18.6 Å². The predicted molar refractivity (Wildman–Crippen MR) is 105 cm³/mol. The molecule has 30 heavy (non-hydrogen) atoms. The Morgan fingerprint density at radius 3 is 2.70 bits per heavy atom. The van der Waals surface area contributed by atoms with Crippen LogP contribution in [0.1, 0.15) is 53.6 Å². The molecular weight excluding hydrogens is 394 g/mol. The molecule has 7 nitrogen and oxygen atoms in total. The molecule has 1 aromatic rings. The average molecular weight is 420 g/mol. The van der Waals surface area contributed by atoms with Gasteiger partial charge < -0.3 is 10.6 Å². The lowest BCUT2D eigenvalue weighted by atomic mass is 9.94. The first-order valence-corrected chi connectivity index (χ1v) is 10.4. The Kier molecular flexibility index (Phi) is 5.59. The van der Waals surface area contributed by atoms with Crippen LogP contribution in [-0.2, 0) is 22.7 Å². The first kappa shape index (κ1) is 20.9. The second-order valence-corrected chi connectivity index (χ2v) is 8.29. The van der Waals surface area contributed by atoms with E-state index >= 15 is 0 Å². The molecule has 2 atom stereocenters. The largest absolute Gasteiger partial charge is 0.325 e. The van der Waals surface area contributed by atoms with Crippen LogP contribution in [-0.4, -0.2) is 58.6 Å². The minimum atomic E-state index is -2.97. The van der Waals surface area contributed by atoms with Crippen LogP contribution in [0.25, 0.3) is 0 Å². The number of fused-ring (bicyclic) bond motifs is 1. The zero-order valence-electron chi connectivity index (χ0n) is 16.7. The van der Waals surface area contributed by atoms with Crippen molar-refractivity contribution in [1.29, 1.82) is 0 Å². The molecule has 0 saturated carbocycles. The van der Waals surface area contributed by atoms with Crippen molar-refractivity contribution in [3.8, 4) is 0 Å². The molecule has 3 amide bonds. The van der Waals surface area contributed by atoms with Crippen LogP contribution >= 0.6 is 0 Å². The molecule has 2 fully saturated rings. The monoisotopic (exact) mass is 420 g/mol. The van der Waals surface area contributed by atoms with E-state index in [-0.39, 0.29) is 31.2 Å². The van der Waals surface area contributed by atoms with Crippen LogP contribution in [0.3, 0.4) is 0 Å². The molecule has 3 heterocycles. The minimum absolute atomic E-state index is 0.188. The quantitative estimate of drug-likeness (QED) is 0.702. The summed E-state index contributed by atoms with van der Waals surface area (Å²) < 4.78 is 28.8. The van der Waals surface area contributed by atoms with Crippen molar-refractivity contribution in [3.05, 3.63) is 34.9 Å². The number of rotatable bonds is 5. The lowest BCUT2D eigenvalue weighted by molar-refractivity contribution is -0.136. The van der Waals surface area contributed by atoms with Gasteiger partial charge in [0.1, 0.15) is 6.04 Å². The number of alkyl halides is 2. The summed E-state index contributed by atoms with van der Waals surface area (Å²) in [7, 11) is 0. The number of nitrogens with one attached hydrogen (secondary N) is 1. The Labute approximate surface area is 173 Å². The fourth-order valence-electron chi connectivity index (χ4n) is 4.81. The first-order chi connectivity index (χ1) is 14.3. The SMILES string of the molecule is NCC(F)(F)C1CCCCN1Cc1cccc2c1CN(C1CCC(=O)NC1=O)C2=O. The number of carbonyl (C=O) groups is 3. The van der Waals surface area contributed by atoms with Crippen LogP contribution < -0.4 is 11.1 Å². The number of carbonyl (C=O) groups excluding carboxylic acids is 3.